The smallest absolute Gasteiger partial charge is 0.0504 e. The Balaban J connectivity index is 1.43. The SMILES string of the molecule is CNC1CCC2(C)C(CCC3C2CCC24C=NC(C)C2CCC34)C1. The van der Waals surface area contributed by atoms with Gasteiger partial charge in [-0.2, -0.15) is 0 Å². The lowest BCUT2D eigenvalue weighted by Gasteiger charge is -2.60. The fraction of sp³-hybridized carbons (Fsp3) is 0.955. The normalized spacial score (nSPS) is 58.7. The first-order chi connectivity index (χ1) is 11.6. The highest BCUT2D eigenvalue weighted by molar-refractivity contribution is 5.71. The Kier molecular flexibility index (Phi) is 3.51. The highest BCUT2D eigenvalue weighted by Crippen LogP contribution is 2.68. The van der Waals surface area contributed by atoms with Crippen molar-refractivity contribution in [3.05, 3.63) is 0 Å². The van der Waals surface area contributed by atoms with E-state index in [0.717, 1.165) is 35.6 Å². The molecule has 0 bridgehead atoms. The summed E-state index contributed by atoms with van der Waals surface area (Å²) in [6, 6.07) is 1.39. The molecule has 1 spiro atoms. The number of nitrogens with zero attached hydrogens (tertiary/aromatic N) is 1. The lowest BCUT2D eigenvalue weighted by molar-refractivity contribution is -0.101. The van der Waals surface area contributed by atoms with E-state index in [1.165, 1.54) is 57.8 Å². The fourth-order valence-electron chi connectivity index (χ4n) is 8.59. The number of rotatable bonds is 1. The third-order valence-electron chi connectivity index (χ3n) is 9.86. The molecular weight excluding hydrogens is 292 g/mol. The Labute approximate surface area is 148 Å². The van der Waals surface area contributed by atoms with Crippen molar-refractivity contribution in [1.82, 2.24) is 5.32 Å². The number of hydrogen-bond acceptors (Lipinski definition) is 2. The zero-order valence-electron chi connectivity index (χ0n) is 15.9. The van der Waals surface area contributed by atoms with Crippen molar-refractivity contribution in [1.29, 1.82) is 0 Å². The molecule has 5 rings (SSSR count). The van der Waals surface area contributed by atoms with Gasteiger partial charge in [-0.25, -0.2) is 0 Å². The van der Waals surface area contributed by atoms with Crippen LogP contribution < -0.4 is 5.32 Å². The van der Waals surface area contributed by atoms with Crippen LogP contribution in [-0.4, -0.2) is 25.3 Å². The highest BCUT2D eigenvalue weighted by Gasteiger charge is 2.63. The monoisotopic (exact) mass is 328 g/mol. The summed E-state index contributed by atoms with van der Waals surface area (Å²) in [5.41, 5.74) is 1.16. The van der Waals surface area contributed by atoms with Crippen LogP contribution in [-0.2, 0) is 0 Å². The van der Waals surface area contributed by atoms with E-state index >= 15 is 0 Å². The fourth-order valence-corrected chi connectivity index (χ4v) is 8.59. The summed E-state index contributed by atoms with van der Waals surface area (Å²) in [4.78, 5) is 4.92. The minimum absolute atomic E-state index is 0.520. The molecule has 4 saturated carbocycles. The van der Waals surface area contributed by atoms with Crippen molar-refractivity contribution >= 4 is 6.21 Å². The number of nitrogens with one attached hydrogen (secondary N) is 1. The molecule has 1 N–H and O–H groups in total. The molecule has 134 valence electrons. The summed E-state index contributed by atoms with van der Waals surface area (Å²) in [6.07, 6.45) is 15.7. The lowest BCUT2D eigenvalue weighted by atomic mass is 9.44. The average Bonchev–Trinajstić information content (AvgIpc) is 3.12. The minimum Gasteiger partial charge on any atom is -0.317 e. The van der Waals surface area contributed by atoms with Crippen molar-refractivity contribution in [3.63, 3.8) is 0 Å². The molecule has 2 nitrogen and oxygen atoms in total. The van der Waals surface area contributed by atoms with Gasteiger partial charge in [0.1, 0.15) is 0 Å². The standard InChI is InChI=1S/C22H36N2/c1-14-18-6-7-20-17-5-4-15-12-16(23-3)8-10-21(15,2)19(17)9-11-22(18,20)13-24-14/h13-20,23H,4-12H2,1-3H3. The van der Waals surface area contributed by atoms with E-state index in [1.807, 2.05) is 0 Å². The van der Waals surface area contributed by atoms with E-state index in [9.17, 15) is 0 Å². The van der Waals surface area contributed by atoms with Crippen LogP contribution in [0.4, 0.5) is 0 Å². The summed E-state index contributed by atoms with van der Waals surface area (Å²) >= 11 is 0. The molecule has 2 heteroatoms. The van der Waals surface area contributed by atoms with E-state index in [4.69, 9.17) is 4.99 Å². The largest absolute Gasteiger partial charge is 0.317 e. The van der Waals surface area contributed by atoms with Crippen LogP contribution in [0.1, 0.15) is 71.6 Å². The molecule has 0 amide bonds. The molecule has 1 heterocycles. The van der Waals surface area contributed by atoms with E-state index in [1.54, 1.807) is 0 Å². The van der Waals surface area contributed by atoms with Gasteiger partial charge in [-0.1, -0.05) is 6.92 Å². The van der Waals surface area contributed by atoms with Crippen molar-refractivity contribution in [2.24, 2.45) is 45.4 Å². The van der Waals surface area contributed by atoms with Crippen LogP contribution in [0.5, 0.6) is 0 Å². The van der Waals surface area contributed by atoms with Gasteiger partial charge >= 0.3 is 0 Å². The van der Waals surface area contributed by atoms with Gasteiger partial charge < -0.3 is 5.32 Å². The molecule has 1 aliphatic heterocycles. The Morgan fingerprint density at radius 1 is 0.958 bits per heavy atom. The number of hydrogen-bond donors (Lipinski definition) is 1. The average molecular weight is 329 g/mol. The second-order valence-corrected chi connectivity index (χ2v) is 10.3. The Morgan fingerprint density at radius 3 is 2.62 bits per heavy atom. The zero-order valence-corrected chi connectivity index (χ0v) is 15.9. The Bertz CT molecular complexity index is 542. The van der Waals surface area contributed by atoms with Crippen molar-refractivity contribution in [2.75, 3.05) is 7.05 Å². The summed E-state index contributed by atoms with van der Waals surface area (Å²) < 4.78 is 0. The molecule has 0 saturated heterocycles. The van der Waals surface area contributed by atoms with E-state index in [-0.39, 0.29) is 0 Å². The molecule has 9 unspecified atom stereocenters. The van der Waals surface area contributed by atoms with Crippen molar-refractivity contribution < 1.29 is 0 Å². The van der Waals surface area contributed by atoms with E-state index in [2.05, 4.69) is 32.4 Å². The second kappa shape index (κ2) is 5.32. The number of fused-ring (bicyclic) bond motifs is 4. The summed E-state index contributed by atoms with van der Waals surface area (Å²) in [7, 11) is 2.17. The van der Waals surface area contributed by atoms with Crippen molar-refractivity contribution in [2.45, 2.75) is 83.7 Å². The molecule has 24 heavy (non-hydrogen) atoms. The first-order valence-electron chi connectivity index (χ1n) is 10.8. The van der Waals surface area contributed by atoms with Crippen LogP contribution >= 0.6 is 0 Å². The Hall–Kier alpha value is -0.370. The van der Waals surface area contributed by atoms with Gasteiger partial charge in [-0.15, -0.1) is 0 Å². The molecule has 0 radical (unpaired) electrons. The molecule has 4 aliphatic carbocycles. The molecule has 5 aliphatic rings. The maximum absolute atomic E-state index is 4.92. The minimum atomic E-state index is 0.520. The first-order valence-corrected chi connectivity index (χ1v) is 10.8. The molecule has 9 atom stereocenters. The predicted molar refractivity (Wildman–Crippen MR) is 100 cm³/mol. The topological polar surface area (TPSA) is 24.4 Å². The molecule has 0 aromatic carbocycles. The maximum Gasteiger partial charge on any atom is 0.0504 e. The highest BCUT2D eigenvalue weighted by atomic mass is 14.9. The third kappa shape index (κ3) is 1.90. The van der Waals surface area contributed by atoms with Crippen LogP contribution in [0.2, 0.25) is 0 Å². The van der Waals surface area contributed by atoms with E-state index < -0.39 is 0 Å². The molecular formula is C22H36N2. The van der Waals surface area contributed by atoms with Gasteiger partial charge in [0.2, 0.25) is 0 Å². The number of aliphatic imine (C=N–C) groups is 1. The van der Waals surface area contributed by atoms with E-state index in [0.29, 0.717) is 16.9 Å². The van der Waals surface area contributed by atoms with Gasteiger partial charge in [0, 0.05) is 17.7 Å². The van der Waals surface area contributed by atoms with Crippen LogP contribution in [0.15, 0.2) is 4.99 Å². The predicted octanol–water partition coefficient (Wildman–Crippen LogP) is 4.69. The second-order valence-electron chi connectivity index (χ2n) is 10.3. The van der Waals surface area contributed by atoms with Gasteiger partial charge in [-0.3, -0.25) is 4.99 Å². The van der Waals surface area contributed by atoms with Crippen LogP contribution in [0, 0.1) is 40.4 Å². The van der Waals surface area contributed by atoms with Crippen LogP contribution in [0.3, 0.4) is 0 Å². The van der Waals surface area contributed by atoms with Gasteiger partial charge in [0.25, 0.3) is 0 Å². The first kappa shape index (κ1) is 15.9. The Morgan fingerprint density at radius 2 is 1.79 bits per heavy atom. The lowest BCUT2D eigenvalue weighted by Crippen LogP contribution is -2.55. The summed E-state index contributed by atoms with van der Waals surface area (Å²) in [5, 5.41) is 3.58. The zero-order chi connectivity index (χ0) is 16.5. The molecule has 0 aromatic heterocycles. The molecule has 0 aromatic rings. The van der Waals surface area contributed by atoms with Crippen molar-refractivity contribution in [3.8, 4) is 0 Å². The summed E-state index contributed by atoms with van der Waals surface area (Å²) in [5.74, 6) is 4.84. The quantitative estimate of drug-likeness (QED) is 0.742. The van der Waals surface area contributed by atoms with Crippen LogP contribution in [0.25, 0.3) is 0 Å². The molecule has 4 fully saturated rings. The van der Waals surface area contributed by atoms with Gasteiger partial charge in [0.05, 0.1) is 6.04 Å². The van der Waals surface area contributed by atoms with Gasteiger partial charge in [0.15, 0.2) is 0 Å². The summed E-state index contributed by atoms with van der Waals surface area (Å²) in [6.45, 7) is 5.07. The third-order valence-corrected chi connectivity index (χ3v) is 9.86. The van der Waals surface area contributed by atoms with Gasteiger partial charge in [-0.05, 0) is 107 Å². The maximum atomic E-state index is 4.92.